The molecule has 0 aromatic carbocycles. The molecule has 0 N–H and O–H groups in total. The quantitative estimate of drug-likeness (QED) is 0.600. The standard InChI is InChI=1S/C25H33N3O2S/c1-2-25(28-14-16-29-17-15-28)10-7-19(8-11-25)30-20-9-13-27-24-23(20)22-18(4-3-12-26)5-6-21(22)31-24/h9,13,18-19H,2-8,10-11,14-17H2,1H3/t18-,19-,25-/m0/s1. The van der Waals surface area contributed by atoms with Gasteiger partial charge in [-0.25, -0.2) is 4.98 Å². The molecule has 2 aliphatic carbocycles. The van der Waals surface area contributed by atoms with E-state index in [1.807, 2.05) is 17.5 Å². The van der Waals surface area contributed by atoms with Gasteiger partial charge in [-0.15, -0.1) is 11.3 Å². The summed E-state index contributed by atoms with van der Waals surface area (Å²) in [7, 11) is 0. The van der Waals surface area contributed by atoms with E-state index in [1.165, 1.54) is 35.1 Å². The lowest BCUT2D eigenvalue weighted by molar-refractivity contribution is -0.0510. The average Bonchev–Trinajstić information content (AvgIpc) is 3.38. The minimum atomic E-state index is 0.279. The number of pyridine rings is 1. The van der Waals surface area contributed by atoms with Crippen LogP contribution >= 0.6 is 11.3 Å². The summed E-state index contributed by atoms with van der Waals surface area (Å²) in [6, 6.07) is 4.40. The molecule has 5 rings (SSSR count). The van der Waals surface area contributed by atoms with Crippen LogP contribution in [-0.2, 0) is 11.2 Å². The van der Waals surface area contributed by atoms with Gasteiger partial charge in [-0.3, -0.25) is 4.90 Å². The number of ether oxygens (including phenoxy) is 2. The molecule has 1 saturated carbocycles. The minimum absolute atomic E-state index is 0.279. The van der Waals surface area contributed by atoms with Crippen LogP contribution in [0.25, 0.3) is 10.2 Å². The van der Waals surface area contributed by atoms with Crippen LogP contribution in [0.3, 0.4) is 0 Å². The molecule has 31 heavy (non-hydrogen) atoms. The Labute approximate surface area is 189 Å². The third kappa shape index (κ3) is 3.97. The number of hydrogen-bond acceptors (Lipinski definition) is 6. The van der Waals surface area contributed by atoms with Gasteiger partial charge in [0.2, 0.25) is 0 Å². The van der Waals surface area contributed by atoms with E-state index >= 15 is 0 Å². The largest absolute Gasteiger partial charge is 0.490 e. The van der Waals surface area contributed by atoms with E-state index in [0.29, 0.717) is 17.9 Å². The lowest BCUT2D eigenvalue weighted by Gasteiger charge is -2.49. The monoisotopic (exact) mass is 439 g/mol. The number of thiophene rings is 1. The summed E-state index contributed by atoms with van der Waals surface area (Å²) in [5.41, 5.74) is 1.76. The molecule has 5 nitrogen and oxygen atoms in total. The maximum atomic E-state index is 9.07. The summed E-state index contributed by atoms with van der Waals surface area (Å²) in [5, 5.41) is 10.3. The van der Waals surface area contributed by atoms with E-state index in [-0.39, 0.29) is 6.10 Å². The third-order valence-corrected chi connectivity index (χ3v) is 9.07. The Morgan fingerprint density at radius 3 is 2.84 bits per heavy atom. The summed E-state index contributed by atoms with van der Waals surface area (Å²) in [6.07, 6.45) is 11.9. The van der Waals surface area contributed by atoms with E-state index in [1.54, 1.807) is 0 Å². The summed E-state index contributed by atoms with van der Waals surface area (Å²) in [4.78, 5) is 9.92. The van der Waals surface area contributed by atoms with E-state index in [2.05, 4.69) is 28.9 Å². The molecule has 166 valence electrons. The Bertz CT molecular complexity index is 952. The molecule has 3 aliphatic rings. The Hall–Kier alpha value is -1.68. The number of aromatic nitrogens is 1. The fourth-order valence-corrected chi connectivity index (χ4v) is 7.37. The van der Waals surface area contributed by atoms with Crippen molar-refractivity contribution in [2.24, 2.45) is 0 Å². The van der Waals surface area contributed by atoms with Crippen molar-refractivity contribution in [2.75, 3.05) is 26.3 Å². The highest BCUT2D eigenvalue weighted by Crippen LogP contribution is 2.48. The molecule has 0 amide bonds. The smallest absolute Gasteiger partial charge is 0.131 e. The predicted octanol–water partition coefficient (Wildman–Crippen LogP) is 5.43. The molecular weight excluding hydrogens is 406 g/mol. The zero-order valence-electron chi connectivity index (χ0n) is 18.6. The number of fused-ring (bicyclic) bond motifs is 3. The zero-order valence-corrected chi connectivity index (χ0v) is 19.4. The number of aryl methyl sites for hydroxylation is 1. The van der Waals surface area contributed by atoms with Gasteiger partial charge in [0.15, 0.2) is 0 Å². The van der Waals surface area contributed by atoms with Crippen molar-refractivity contribution in [1.29, 1.82) is 5.26 Å². The fraction of sp³-hybridized carbons (Fsp3) is 0.680. The molecule has 0 bridgehead atoms. The van der Waals surface area contributed by atoms with Crippen LogP contribution in [0.5, 0.6) is 5.75 Å². The number of rotatable bonds is 6. The summed E-state index contributed by atoms with van der Waals surface area (Å²) in [6.45, 7) is 6.21. The van der Waals surface area contributed by atoms with E-state index in [9.17, 15) is 0 Å². The third-order valence-electron chi connectivity index (χ3n) is 7.90. The predicted molar refractivity (Wildman–Crippen MR) is 124 cm³/mol. The molecule has 3 heterocycles. The molecule has 2 aromatic heterocycles. The van der Waals surface area contributed by atoms with Crippen molar-refractivity contribution in [2.45, 2.75) is 82.3 Å². The molecule has 0 unspecified atom stereocenters. The molecule has 1 aliphatic heterocycles. The van der Waals surface area contributed by atoms with E-state index in [4.69, 9.17) is 14.7 Å². The van der Waals surface area contributed by atoms with E-state index < -0.39 is 0 Å². The second kappa shape index (κ2) is 9.05. The zero-order chi connectivity index (χ0) is 21.3. The van der Waals surface area contributed by atoms with Crippen LogP contribution in [0.4, 0.5) is 0 Å². The van der Waals surface area contributed by atoms with Gasteiger partial charge >= 0.3 is 0 Å². The summed E-state index contributed by atoms with van der Waals surface area (Å²) >= 11 is 1.83. The molecule has 1 atom stereocenters. The lowest BCUT2D eigenvalue weighted by atomic mass is 9.77. The molecule has 6 heteroatoms. The molecule has 1 saturated heterocycles. The van der Waals surface area contributed by atoms with Crippen molar-refractivity contribution in [3.05, 3.63) is 22.7 Å². The highest BCUT2D eigenvalue weighted by molar-refractivity contribution is 7.19. The topological polar surface area (TPSA) is 58.4 Å². The van der Waals surface area contributed by atoms with Gasteiger partial charge in [-0.05, 0) is 68.9 Å². The Kier molecular flexibility index (Phi) is 6.19. The van der Waals surface area contributed by atoms with Crippen LogP contribution < -0.4 is 4.74 Å². The van der Waals surface area contributed by atoms with Gasteiger partial charge in [-0.1, -0.05) is 6.92 Å². The van der Waals surface area contributed by atoms with Crippen LogP contribution in [-0.4, -0.2) is 47.8 Å². The highest BCUT2D eigenvalue weighted by Gasteiger charge is 2.40. The van der Waals surface area contributed by atoms with Crippen LogP contribution in [0.2, 0.25) is 0 Å². The van der Waals surface area contributed by atoms with Gasteiger partial charge in [0, 0.05) is 36.1 Å². The number of nitriles is 1. The fourth-order valence-electron chi connectivity index (χ4n) is 6.11. The van der Waals surface area contributed by atoms with Gasteiger partial charge in [-0.2, -0.15) is 5.26 Å². The van der Waals surface area contributed by atoms with Crippen LogP contribution in [0.15, 0.2) is 12.3 Å². The summed E-state index contributed by atoms with van der Waals surface area (Å²) < 4.78 is 12.3. The molecule has 0 radical (unpaired) electrons. The van der Waals surface area contributed by atoms with Crippen LogP contribution in [0.1, 0.15) is 74.6 Å². The Morgan fingerprint density at radius 1 is 1.29 bits per heavy atom. The second-order valence-electron chi connectivity index (χ2n) is 9.36. The Morgan fingerprint density at radius 2 is 2.10 bits per heavy atom. The van der Waals surface area contributed by atoms with Crippen LogP contribution in [0, 0.1) is 11.3 Å². The van der Waals surface area contributed by atoms with Crippen molar-refractivity contribution < 1.29 is 9.47 Å². The molecule has 2 aromatic rings. The lowest BCUT2D eigenvalue weighted by Crippen LogP contribution is -2.55. The minimum Gasteiger partial charge on any atom is -0.490 e. The second-order valence-corrected chi connectivity index (χ2v) is 10.4. The number of hydrogen-bond donors (Lipinski definition) is 0. The maximum Gasteiger partial charge on any atom is 0.131 e. The van der Waals surface area contributed by atoms with Crippen molar-refractivity contribution >= 4 is 21.6 Å². The van der Waals surface area contributed by atoms with E-state index in [0.717, 1.165) is 69.0 Å². The van der Waals surface area contributed by atoms with Gasteiger partial charge in [0.25, 0.3) is 0 Å². The van der Waals surface area contributed by atoms with Gasteiger partial charge in [0.1, 0.15) is 10.6 Å². The highest BCUT2D eigenvalue weighted by atomic mass is 32.1. The number of nitrogens with zero attached hydrogens (tertiary/aromatic N) is 3. The van der Waals surface area contributed by atoms with Crippen molar-refractivity contribution in [3.63, 3.8) is 0 Å². The average molecular weight is 440 g/mol. The van der Waals surface area contributed by atoms with Crippen molar-refractivity contribution in [3.8, 4) is 11.8 Å². The first-order valence-corrected chi connectivity index (χ1v) is 12.8. The normalized spacial score (nSPS) is 29.0. The SMILES string of the molecule is CC[C@]1(N2CCOCC2)CC[C@H](Oc2ccnc3sc4c(c23)[C@@H](CCC#N)CC4)CC1. The van der Waals surface area contributed by atoms with Gasteiger partial charge in [0.05, 0.1) is 30.8 Å². The first kappa shape index (κ1) is 21.2. The maximum absolute atomic E-state index is 9.07. The summed E-state index contributed by atoms with van der Waals surface area (Å²) in [5.74, 6) is 1.50. The van der Waals surface area contributed by atoms with Crippen molar-refractivity contribution in [1.82, 2.24) is 9.88 Å². The molecular formula is C25H33N3O2S. The first-order chi connectivity index (χ1) is 15.2. The Balaban J connectivity index is 1.33. The number of morpholine rings is 1. The molecule has 2 fully saturated rings. The van der Waals surface area contributed by atoms with Gasteiger partial charge < -0.3 is 9.47 Å². The molecule has 0 spiro atoms. The first-order valence-electron chi connectivity index (χ1n) is 12.0.